The van der Waals surface area contributed by atoms with Crippen molar-refractivity contribution < 1.29 is 19.1 Å². The van der Waals surface area contributed by atoms with Gasteiger partial charge >= 0.3 is 11.9 Å². The van der Waals surface area contributed by atoms with Crippen LogP contribution in [0.4, 0.5) is 0 Å². The van der Waals surface area contributed by atoms with Crippen molar-refractivity contribution in [2.75, 3.05) is 13.2 Å². The molecule has 4 nitrogen and oxygen atoms in total. The molecule has 0 heterocycles. The number of rotatable bonds is 38. The highest BCUT2D eigenvalue weighted by atomic mass is 16.5. The quantitative estimate of drug-likeness (QED) is 0.0503. The maximum Gasteiger partial charge on any atom is 0.338 e. The van der Waals surface area contributed by atoms with Crippen molar-refractivity contribution in [3.63, 3.8) is 0 Å². The maximum atomic E-state index is 12.4. The Hall–Kier alpha value is -1.84. The summed E-state index contributed by atoms with van der Waals surface area (Å²) in [5.41, 5.74) is 0.974. The molecule has 52 heavy (non-hydrogen) atoms. The van der Waals surface area contributed by atoms with Crippen molar-refractivity contribution in [2.45, 2.75) is 233 Å². The highest BCUT2D eigenvalue weighted by molar-refractivity contribution is 5.93. The van der Waals surface area contributed by atoms with Gasteiger partial charge in [0.2, 0.25) is 0 Å². The van der Waals surface area contributed by atoms with Crippen LogP contribution in [0.1, 0.15) is 254 Å². The molecule has 0 atom stereocenters. The topological polar surface area (TPSA) is 52.6 Å². The Morgan fingerprint density at radius 1 is 0.346 bits per heavy atom. The Labute approximate surface area is 323 Å². The number of carbonyl (C=O) groups excluding carboxylic acids is 2. The molecule has 0 saturated heterocycles. The lowest BCUT2D eigenvalue weighted by atomic mass is 10.0. The summed E-state index contributed by atoms with van der Waals surface area (Å²) in [6, 6.07) is 6.68. The van der Waals surface area contributed by atoms with E-state index in [2.05, 4.69) is 27.7 Å². The lowest BCUT2D eigenvalue weighted by Crippen LogP contribution is -2.09. The van der Waals surface area contributed by atoms with E-state index in [0.29, 0.717) is 24.3 Å². The molecule has 1 rings (SSSR count). The Balaban J connectivity index is 1.89. The summed E-state index contributed by atoms with van der Waals surface area (Å²) in [5.74, 6) is 1.09. The molecule has 0 bridgehead atoms. The fraction of sp³-hybridized carbons (Fsp3) is 0.833. The van der Waals surface area contributed by atoms with E-state index >= 15 is 0 Å². The summed E-state index contributed by atoms with van der Waals surface area (Å²) >= 11 is 0. The number of esters is 2. The second kappa shape index (κ2) is 36.2. The minimum absolute atomic E-state index is 0.315. The van der Waals surface area contributed by atoms with E-state index in [-0.39, 0.29) is 11.9 Å². The largest absolute Gasteiger partial charge is 0.462 e. The van der Waals surface area contributed by atoms with Crippen molar-refractivity contribution >= 4 is 11.9 Å². The third-order valence-electron chi connectivity index (χ3n) is 10.7. The summed E-state index contributed by atoms with van der Waals surface area (Å²) in [7, 11) is 0. The van der Waals surface area contributed by atoms with E-state index < -0.39 is 0 Å². The predicted molar refractivity (Wildman–Crippen MR) is 224 cm³/mol. The molecule has 0 spiro atoms. The first-order valence-electron chi connectivity index (χ1n) is 22.8. The fourth-order valence-corrected chi connectivity index (χ4v) is 7.14. The number of hydrogen-bond donors (Lipinski definition) is 0. The molecular formula is C48H86O4. The molecule has 4 heteroatoms. The molecule has 0 aliphatic rings. The summed E-state index contributed by atoms with van der Waals surface area (Å²) < 4.78 is 10.9. The SMILES string of the molecule is CC(C)CCCCCCCCCCCCCCCCCOC(=O)c1ccc(C(=O)OCCCCCCCCCCCCCCCCCC(C)C)cc1. The summed E-state index contributed by atoms with van der Waals surface area (Å²) in [5, 5.41) is 0. The highest BCUT2D eigenvalue weighted by Crippen LogP contribution is 2.17. The molecule has 0 unspecified atom stereocenters. The monoisotopic (exact) mass is 727 g/mol. The van der Waals surface area contributed by atoms with E-state index in [4.69, 9.17) is 9.47 Å². The number of benzene rings is 1. The Morgan fingerprint density at radius 2 is 0.538 bits per heavy atom. The van der Waals surface area contributed by atoms with Crippen LogP contribution in [-0.2, 0) is 9.47 Å². The van der Waals surface area contributed by atoms with Gasteiger partial charge in [0.05, 0.1) is 24.3 Å². The van der Waals surface area contributed by atoms with E-state index in [9.17, 15) is 9.59 Å². The van der Waals surface area contributed by atoms with Crippen LogP contribution < -0.4 is 0 Å². The van der Waals surface area contributed by atoms with E-state index in [1.165, 1.54) is 180 Å². The third kappa shape index (κ3) is 31.7. The normalized spacial score (nSPS) is 11.5. The average molecular weight is 727 g/mol. The van der Waals surface area contributed by atoms with Gasteiger partial charge in [-0.3, -0.25) is 0 Å². The zero-order valence-electron chi connectivity index (χ0n) is 35.1. The van der Waals surface area contributed by atoms with E-state index in [1.807, 2.05) is 0 Å². The predicted octanol–water partition coefficient (Wildman–Crippen LogP) is 15.8. The first-order valence-corrected chi connectivity index (χ1v) is 22.8. The zero-order valence-corrected chi connectivity index (χ0v) is 35.1. The Kier molecular flexibility index (Phi) is 33.5. The second-order valence-corrected chi connectivity index (χ2v) is 16.8. The summed E-state index contributed by atoms with van der Waals surface area (Å²) in [6.45, 7) is 10.2. The van der Waals surface area contributed by atoms with Gasteiger partial charge in [-0.05, 0) is 48.9 Å². The average Bonchev–Trinajstić information content (AvgIpc) is 3.13. The lowest BCUT2D eigenvalue weighted by Gasteiger charge is -2.07. The molecule has 0 radical (unpaired) electrons. The zero-order chi connectivity index (χ0) is 37.7. The second-order valence-electron chi connectivity index (χ2n) is 16.8. The molecule has 0 amide bonds. The van der Waals surface area contributed by atoms with Gasteiger partial charge in [-0.15, -0.1) is 0 Å². The van der Waals surface area contributed by atoms with Crippen molar-refractivity contribution in [3.8, 4) is 0 Å². The van der Waals surface area contributed by atoms with Crippen molar-refractivity contribution in [2.24, 2.45) is 11.8 Å². The van der Waals surface area contributed by atoms with Gasteiger partial charge in [-0.25, -0.2) is 9.59 Å². The van der Waals surface area contributed by atoms with Crippen LogP contribution >= 0.6 is 0 Å². The van der Waals surface area contributed by atoms with Crippen LogP contribution in [0.25, 0.3) is 0 Å². The number of unbranched alkanes of at least 4 members (excludes halogenated alkanes) is 28. The Bertz CT molecular complexity index is 846. The van der Waals surface area contributed by atoms with Gasteiger partial charge in [0.15, 0.2) is 0 Å². The molecule has 0 N–H and O–H groups in total. The van der Waals surface area contributed by atoms with Crippen LogP contribution in [0.15, 0.2) is 24.3 Å². The van der Waals surface area contributed by atoms with Crippen molar-refractivity contribution in [1.29, 1.82) is 0 Å². The van der Waals surface area contributed by atoms with E-state index in [1.54, 1.807) is 24.3 Å². The number of ether oxygens (including phenoxy) is 2. The van der Waals surface area contributed by atoms with Crippen LogP contribution in [0, 0.1) is 11.8 Å². The molecule has 1 aromatic rings. The van der Waals surface area contributed by atoms with E-state index in [0.717, 1.165) is 37.5 Å². The fourth-order valence-electron chi connectivity index (χ4n) is 7.14. The van der Waals surface area contributed by atoms with Crippen LogP contribution in [-0.4, -0.2) is 25.2 Å². The number of hydrogen-bond acceptors (Lipinski definition) is 4. The highest BCUT2D eigenvalue weighted by Gasteiger charge is 2.11. The van der Waals surface area contributed by atoms with Gasteiger partial charge in [0.25, 0.3) is 0 Å². The Morgan fingerprint density at radius 3 is 0.750 bits per heavy atom. The van der Waals surface area contributed by atoms with Crippen molar-refractivity contribution in [1.82, 2.24) is 0 Å². The third-order valence-corrected chi connectivity index (χ3v) is 10.7. The van der Waals surface area contributed by atoms with Crippen LogP contribution in [0.5, 0.6) is 0 Å². The molecule has 0 fully saturated rings. The lowest BCUT2D eigenvalue weighted by molar-refractivity contribution is 0.0483. The van der Waals surface area contributed by atoms with Gasteiger partial charge in [-0.2, -0.15) is 0 Å². The minimum Gasteiger partial charge on any atom is -0.462 e. The van der Waals surface area contributed by atoms with Crippen molar-refractivity contribution in [3.05, 3.63) is 35.4 Å². The molecule has 1 aromatic carbocycles. The van der Waals surface area contributed by atoms with Gasteiger partial charge < -0.3 is 9.47 Å². The van der Waals surface area contributed by atoms with Crippen LogP contribution in [0.3, 0.4) is 0 Å². The smallest absolute Gasteiger partial charge is 0.338 e. The maximum absolute atomic E-state index is 12.4. The van der Waals surface area contributed by atoms with Gasteiger partial charge in [0.1, 0.15) is 0 Å². The molecular weight excluding hydrogens is 641 g/mol. The van der Waals surface area contributed by atoms with Crippen LogP contribution in [0.2, 0.25) is 0 Å². The molecule has 0 aromatic heterocycles. The molecule has 0 saturated carbocycles. The van der Waals surface area contributed by atoms with Gasteiger partial charge in [0, 0.05) is 0 Å². The summed E-state index contributed by atoms with van der Waals surface area (Å²) in [6.07, 6.45) is 42.6. The molecule has 302 valence electrons. The minimum atomic E-state index is -0.315. The summed E-state index contributed by atoms with van der Waals surface area (Å²) in [4.78, 5) is 24.9. The molecule has 0 aliphatic carbocycles. The first kappa shape index (κ1) is 48.2. The first-order chi connectivity index (χ1) is 25.4. The van der Waals surface area contributed by atoms with Gasteiger partial charge in [-0.1, -0.05) is 220 Å². The standard InChI is InChI=1S/C48H86O4/c1-43(2)35-31-27-23-19-15-11-7-5-9-13-17-21-25-29-33-41-51-47(49)45-37-39-46(40-38-45)48(50)52-42-34-30-26-22-18-14-10-6-8-12-16-20-24-28-32-36-44(3)4/h37-40,43-44H,5-36,41-42H2,1-4H3. The number of carbonyl (C=O) groups is 2. The molecule has 0 aliphatic heterocycles.